The summed E-state index contributed by atoms with van der Waals surface area (Å²) in [5.74, 6) is 0.201. The highest BCUT2D eigenvalue weighted by atomic mass is 35.5. The molecule has 0 aliphatic carbocycles. The Morgan fingerprint density at radius 3 is 2.78 bits per heavy atom. The summed E-state index contributed by atoms with van der Waals surface area (Å²) in [7, 11) is 1.90. The minimum Gasteiger partial charge on any atom is -0.340 e. The molecule has 0 bridgehead atoms. The van der Waals surface area contributed by atoms with Crippen LogP contribution in [0.2, 0.25) is 0 Å². The van der Waals surface area contributed by atoms with E-state index >= 15 is 0 Å². The third kappa shape index (κ3) is 5.79. The van der Waals surface area contributed by atoms with Crippen molar-refractivity contribution in [1.29, 1.82) is 0 Å². The van der Waals surface area contributed by atoms with Gasteiger partial charge in [-0.25, -0.2) is 0 Å². The molecule has 2 rings (SSSR count). The number of halogens is 1. The SMILES string of the molecule is Cc1ccccc1CN(C)C(=O)CN1CCCCC1CCN.Cl. The molecule has 1 saturated heterocycles. The third-order valence-electron chi connectivity index (χ3n) is 4.68. The van der Waals surface area contributed by atoms with Gasteiger partial charge in [0.1, 0.15) is 0 Å². The van der Waals surface area contributed by atoms with Crippen LogP contribution in [0.5, 0.6) is 0 Å². The van der Waals surface area contributed by atoms with Gasteiger partial charge in [0, 0.05) is 19.6 Å². The predicted octanol–water partition coefficient (Wildman–Crippen LogP) is 2.58. The highest BCUT2D eigenvalue weighted by Gasteiger charge is 2.24. The molecule has 0 radical (unpaired) electrons. The van der Waals surface area contributed by atoms with Gasteiger partial charge < -0.3 is 10.6 Å². The van der Waals surface area contributed by atoms with Gasteiger partial charge in [0.05, 0.1) is 6.54 Å². The summed E-state index contributed by atoms with van der Waals surface area (Å²) in [6, 6.07) is 8.73. The minimum atomic E-state index is 0. The topological polar surface area (TPSA) is 49.6 Å². The Morgan fingerprint density at radius 2 is 2.09 bits per heavy atom. The molecule has 1 amide bonds. The number of benzene rings is 1. The van der Waals surface area contributed by atoms with Crippen molar-refractivity contribution in [3.05, 3.63) is 35.4 Å². The van der Waals surface area contributed by atoms with E-state index in [1.807, 2.05) is 24.1 Å². The average Bonchev–Trinajstić information content (AvgIpc) is 2.51. The van der Waals surface area contributed by atoms with Crippen LogP contribution in [0.3, 0.4) is 0 Å². The average molecular weight is 340 g/mol. The molecule has 1 fully saturated rings. The van der Waals surface area contributed by atoms with Gasteiger partial charge >= 0.3 is 0 Å². The molecule has 0 saturated carbocycles. The number of nitrogens with zero attached hydrogens (tertiary/aromatic N) is 2. The van der Waals surface area contributed by atoms with E-state index in [1.165, 1.54) is 30.4 Å². The number of piperidine rings is 1. The second-order valence-electron chi connectivity index (χ2n) is 6.37. The van der Waals surface area contributed by atoms with E-state index in [-0.39, 0.29) is 18.3 Å². The first-order chi connectivity index (χ1) is 10.6. The van der Waals surface area contributed by atoms with E-state index in [4.69, 9.17) is 5.73 Å². The normalized spacial score (nSPS) is 18.3. The fraction of sp³-hybridized carbons (Fsp3) is 0.611. The van der Waals surface area contributed by atoms with Gasteiger partial charge in [-0.15, -0.1) is 12.4 Å². The van der Waals surface area contributed by atoms with Gasteiger partial charge in [-0.05, 0) is 50.4 Å². The Kier molecular flexibility index (Phi) is 8.59. The van der Waals surface area contributed by atoms with E-state index in [0.29, 0.717) is 25.7 Å². The van der Waals surface area contributed by atoms with Crippen molar-refractivity contribution >= 4 is 18.3 Å². The second kappa shape index (κ2) is 9.91. The first-order valence-electron chi connectivity index (χ1n) is 8.34. The van der Waals surface area contributed by atoms with Crippen molar-refractivity contribution in [2.24, 2.45) is 5.73 Å². The lowest BCUT2D eigenvalue weighted by Gasteiger charge is -2.36. The molecule has 23 heavy (non-hydrogen) atoms. The van der Waals surface area contributed by atoms with Gasteiger partial charge in [0.15, 0.2) is 0 Å². The van der Waals surface area contributed by atoms with Crippen LogP contribution in [0.1, 0.15) is 36.8 Å². The number of likely N-dealkylation sites (N-methyl/N-ethyl adjacent to an activating group) is 1. The van der Waals surface area contributed by atoms with E-state index in [0.717, 1.165) is 13.0 Å². The molecule has 1 aromatic rings. The Labute approximate surface area is 146 Å². The van der Waals surface area contributed by atoms with Gasteiger partial charge in [-0.1, -0.05) is 30.7 Å². The molecular formula is C18H30ClN3O. The van der Waals surface area contributed by atoms with Crippen LogP contribution >= 0.6 is 12.4 Å². The minimum absolute atomic E-state index is 0. The Balaban J connectivity index is 0.00000264. The summed E-state index contributed by atoms with van der Waals surface area (Å²) in [6.45, 7) is 5.02. The third-order valence-corrected chi connectivity index (χ3v) is 4.68. The standard InChI is InChI=1S/C18H29N3O.ClH/c1-15-7-3-4-8-16(15)13-20(2)18(22)14-21-12-6-5-9-17(21)10-11-19;/h3-4,7-8,17H,5-6,9-14,19H2,1-2H3;1H. The lowest BCUT2D eigenvalue weighted by atomic mass is 9.99. The van der Waals surface area contributed by atoms with E-state index in [1.54, 1.807) is 0 Å². The maximum atomic E-state index is 12.5. The number of rotatable bonds is 6. The number of hydrogen-bond donors (Lipinski definition) is 1. The molecule has 130 valence electrons. The summed E-state index contributed by atoms with van der Waals surface area (Å²) in [5.41, 5.74) is 8.16. The smallest absolute Gasteiger partial charge is 0.236 e. The van der Waals surface area contributed by atoms with Gasteiger partial charge in [0.2, 0.25) is 5.91 Å². The quantitative estimate of drug-likeness (QED) is 0.866. The summed E-state index contributed by atoms with van der Waals surface area (Å²) in [4.78, 5) is 16.7. The molecule has 1 aromatic carbocycles. The summed E-state index contributed by atoms with van der Waals surface area (Å²) in [6.07, 6.45) is 4.62. The van der Waals surface area contributed by atoms with Crippen LogP contribution in [0.15, 0.2) is 24.3 Å². The first-order valence-corrected chi connectivity index (χ1v) is 8.34. The number of amides is 1. The van der Waals surface area contributed by atoms with Gasteiger partial charge in [-0.2, -0.15) is 0 Å². The molecule has 1 aliphatic rings. The van der Waals surface area contributed by atoms with E-state index in [2.05, 4.69) is 24.0 Å². The van der Waals surface area contributed by atoms with Gasteiger partial charge in [-0.3, -0.25) is 9.69 Å². The highest BCUT2D eigenvalue weighted by Crippen LogP contribution is 2.19. The summed E-state index contributed by atoms with van der Waals surface area (Å²) in [5, 5.41) is 0. The fourth-order valence-electron chi connectivity index (χ4n) is 3.21. The fourth-order valence-corrected chi connectivity index (χ4v) is 3.21. The van der Waals surface area contributed by atoms with Crippen molar-refractivity contribution in [3.63, 3.8) is 0 Å². The number of nitrogens with two attached hydrogens (primary N) is 1. The van der Waals surface area contributed by atoms with Crippen molar-refractivity contribution in [1.82, 2.24) is 9.80 Å². The Morgan fingerprint density at radius 1 is 1.35 bits per heavy atom. The number of carbonyl (C=O) groups is 1. The maximum absolute atomic E-state index is 12.5. The molecule has 1 unspecified atom stereocenters. The number of likely N-dealkylation sites (tertiary alicyclic amines) is 1. The van der Waals surface area contributed by atoms with E-state index in [9.17, 15) is 4.79 Å². The van der Waals surface area contributed by atoms with Crippen molar-refractivity contribution in [2.75, 3.05) is 26.7 Å². The molecule has 0 spiro atoms. The lowest BCUT2D eigenvalue weighted by Crippen LogP contribution is -2.46. The zero-order chi connectivity index (χ0) is 15.9. The van der Waals surface area contributed by atoms with Crippen LogP contribution in [-0.2, 0) is 11.3 Å². The molecule has 0 aromatic heterocycles. The summed E-state index contributed by atoms with van der Waals surface area (Å²) < 4.78 is 0. The van der Waals surface area contributed by atoms with Crippen molar-refractivity contribution in [2.45, 2.75) is 45.2 Å². The molecule has 1 atom stereocenters. The number of carbonyl (C=O) groups excluding carboxylic acids is 1. The van der Waals surface area contributed by atoms with E-state index < -0.39 is 0 Å². The monoisotopic (exact) mass is 339 g/mol. The first kappa shape index (κ1) is 19.9. The predicted molar refractivity (Wildman–Crippen MR) is 97.8 cm³/mol. The zero-order valence-electron chi connectivity index (χ0n) is 14.3. The molecule has 2 N–H and O–H groups in total. The van der Waals surface area contributed by atoms with Crippen molar-refractivity contribution < 1.29 is 4.79 Å². The number of aryl methyl sites for hydroxylation is 1. The molecule has 1 heterocycles. The van der Waals surface area contributed by atoms with Crippen LogP contribution in [0.25, 0.3) is 0 Å². The highest BCUT2D eigenvalue weighted by molar-refractivity contribution is 5.85. The Hall–Kier alpha value is -1.10. The molecular weight excluding hydrogens is 310 g/mol. The maximum Gasteiger partial charge on any atom is 0.236 e. The van der Waals surface area contributed by atoms with Crippen LogP contribution in [0.4, 0.5) is 0 Å². The molecule has 4 nitrogen and oxygen atoms in total. The second-order valence-corrected chi connectivity index (χ2v) is 6.37. The van der Waals surface area contributed by atoms with Crippen LogP contribution < -0.4 is 5.73 Å². The molecule has 1 aliphatic heterocycles. The van der Waals surface area contributed by atoms with Crippen LogP contribution in [-0.4, -0.2) is 48.4 Å². The summed E-state index contributed by atoms with van der Waals surface area (Å²) >= 11 is 0. The zero-order valence-corrected chi connectivity index (χ0v) is 15.1. The number of hydrogen-bond acceptors (Lipinski definition) is 3. The van der Waals surface area contributed by atoms with Crippen LogP contribution in [0, 0.1) is 6.92 Å². The van der Waals surface area contributed by atoms with Gasteiger partial charge in [0.25, 0.3) is 0 Å². The van der Waals surface area contributed by atoms with Crippen molar-refractivity contribution in [3.8, 4) is 0 Å². The lowest BCUT2D eigenvalue weighted by molar-refractivity contribution is -0.132. The molecule has 5 heteroatoms. The largest absolute Gasteiger partial charge is 0.340 e. The Bertz CT molecular complexity index is 493.